The Morgan fingerprint density at radius 2 is 2.00 bits per heavy atom. The highest BCUT2D eigenvalue weighted by Crippen LogP contribution is 2.50. The first-order valence-electron chi connectivity index (χ1n) is 10.5. The molecule has 6 heteroatoms. The molecule has 154 valence electrons. The first-order valence-corrected chi connectivity index (χ1v) is 10.5. The summed E-state index contributed by atoms with van der Waals surface area (Å²) in [5.41, 5.74) is 2.62. The van der Waals surface area contributed by atoms with Gasteiger partial charge in [0.1, 0.15) is 0 Å². The van der Waals surface area contributed by atoms with Crippen molar-refractivity contribution in [2.24, 2.45) is 18.9 Å². The number of ether oxygens (including phenoxy) is 1. The average molecular weight is 396 g/mol. The van der Waals surface area contributed by atoms with Crippen LogP contribution in [0.25, 0.3) is 0 Å². The van der Waals surface area contributed by atoms with Gasteiger partial charge in [0.15, 0.2) is 0 Å². The molecule has 1 amide bonds. The van der Waals surface area contributed by atoms with Crippen LogP contribution in [0.15, 0.2) is 36.4 Å². The van der Waals surface area contributed by atoms with Gasteiger partial charge in [-0.1, -0.05) is 30.3 Å². The van der Waals surface area contributed by atoms with Crippen molar-refractivity contribution in [1.29, 1.82) is 0 Å². The van der Waals surface area contributed by atoms with Crippen molar-refractivity contribution in [3.05, 3.63) is 53.3 Å². The number of rotatable bonds is 8. The maximum atomic E-state index is 13.7. The lowest BCUT2D eigenvalue weighted by atomic mass is 9.94. The van der Waals surface area contributed by atoms with Crippen LogP contribution < -0.4 is 0 Å². The second kappa shape index (κ2) is 7.65. The van der Waals surface area contributed by atoms with Crippen LogP contribution in [0.4, 0.5) is 0 Å². The van der Waals surface area contributed by atoms with Crippen LogP contribution in [0.3, 0.4) is 0 Å². The molecule has 0 bridgehead atoms. The van der Waals surface area contributed by atoms with Crippen molar-refractivity contribution in [3.8, 4) is 0 Å². The third kappa shape index (κ3) is 3.93. The molecule has 0 radical (unpaired) electrons. The quantitative estimate of drug-likeness (QED) is 0.645. The van der Waals surface area contributed by atoms with E-state index in [1.165, 1.54) is 0 Å². The van der Waals surface area contributed by atoms with Gasteiger partial charge in [0.05, 0.1) is 30.2 Å². The lowest BCUT2D eigenvalue weighted by Gasteiger charge is -2.27. The molecular formula is C23H29N3O3. The largest absolute Gasteiger partial charge is 0.466 e. The summed E-state index contributed by atoms with van der Waals surface area (Å²) in [6.45, 7) is 5.28. The summed E-state index contributed by atoms with van der Waals surface area (Å²) in [6, 6.07) is 12.1. The SMILES string of the molecule is CCOC(=O)[C@@H]1C[C@H]1CN(Cc1cc(C)n(C)n1)C(=O)C1(c2ccccc2)CC1. The Morgan fingerprint density at radius 1 is 1.28 bits per heavy atom. The maximum absolute atomic E-state index is 13.7. The van der Waals surface area contributed by atoms with Crippen molar-refractivity contribution in [2.75, 3.05) is 13.2 Å². The lowest BCUT2D eigenvalue weighted by Crippen LogP contribution is -2.40. The molecule has 0 N–H and O–H groups in total. The highest BCUT2D eigenvalue weighted by Gasteiger charge is 2.54. The predicted molar refractivity (Wildman–Crippen MR) is 109 cm³/mol. The molecule has 1 aromatic carbocycles. The van der Waals surface area contributed by atoms with Crippen LogP contribution in [0.1, 0.15) is 43.1 Å². The van der Waals surface area contributed by atoms with Gasteiger partial charge in [0, 0.05) is 19.3 Å². The van der Waals surface area contributed by atoms with Crippen LogP contribution in [0.5, 0.6) is 0 Å². The number of carbonyl (C=O) groups excluding carboxylic acids is 2. The van der Waals surface area contributed by atoms with Crippen LogP contribution in [-0.2, 0) is 33.3 Å². The monoisotopic (exact) mass is 395 g/mol. The van der Waals surface area contributed by atoms with E-state index in [-0.39, 0.29) is 23.7 Å². The zero-order valence-electron chi connectivity index (χ0n) is 17.4. The molecule has 2 saturated carbocycles. The number of aryl methyl sites for hydroxylation is 2. The molecule has 2 atom stereocenters. The minimum atomic E-state index is -0.417. The van der Waals surface area contributed by atoms with Gasteiger partial charge in [-0.25, -0.2) is 0 Å². The molecule has 1 heterocycles. The van der Waals surface area contributed by atoms with Gasteiger partial charge in [0.25, 0.3) is 0 Å². The van der Waals surface area contributed by atoms with Gasteiger partial charge in [-0.15, -0.1) is 0 Å². The number of amides is 1. The molecule has 29 heavy (non-hydrogen) atoms. The predicted octanol–water partition coefficient (Wildman–Crippen LogP) is 2.99. The molecule has 2 aliphatic carbocycles. The number of esters is 1. The minimum absolute atomic E-state index is 0.0809. The molecule has 0 aliphatic heterocycles. The molecule has 2 aliphatic rings. The van der Waals surface area contributed by atoms with Crippen molar-refractivity contribution in [2.45, 2.75) is 45.1 Å². The number of carbonyl (C=O) groups is 2. The van der Waals surface area contributed by atoms with Gasteiger partial charge in [-0.3, -0.25) is 14.3 Å². The van der Waals surface area contributed by atoms with Gasteiger partial charge in [0.2, 0.25) is 5.91 Å². The van der Waals surface area contributed by atoms with Crippen LogP contribution >= 0.6 is 0 Å². The Labute approximate surface area is 171 Å². The standard InChI is InChI=1S/C23H29N3O3/c1-4-29-21(27)20-13-17(20)14-26(15-19-12-16(2)25(3)24-19)22(28)23(10-11-23)18-8-6-5-7-9-18/h5-9,12,17,20H,4,10-11,13-15H2,1-3H3/t17-,20+/m0/s1. The summed E-state index contributed by atoms with van der Waals surface area (Å²) in [7, 11) is 1.91. The first-order chi connectivity index (χ1) is 13.9. The topological polar surface area (TPSA) is 64.4 Å². The average Bonchev–Trinajstić information content (AvgIpc) is 3.62. The first kappa shape index (κ1) is 19.7. The maximum Gasteiger partial charge on any atom is 0.309 e. The molecule has 0 unspecified atom stereocenters. The van der Waals surface area contributed by atoms with Gasteiger partial charge < -0.3 is 9.64 Å². The van der Waals surface area contributed by atoms with Crippen molar-refractivity contribution in [3.63, 3.8) is 0 Å². The minimum Gasteiger partial charge on any atom is -0.466 e. The number of hydrogen-bond acceptors (Lipinski definition) is 4. The number of aromatic nitrogens is 2. The Morgan fingerprint density at radius 3 is 2.59 bits per heavy atom. The molecular weight excluding hydrogens is 366 g/mol. The lowest BCUT2D eigenvalue weighted by molar-refractivity contribution is -0.145. The van der Waals surface area contributed by atoms with E-state index >= 15 is 0 Å². The summed E-state index contributed by atoms with van der Waals surface area (Å²) >= 11 is 0. The van der Waals surface area contributed by atoms with E-state index in [4.69, 9.17) is 4.74 Å². The smallest absolute Gasteiger partial charge is 0.309 e. The molecule has 0 spiro atoms. The summed E-state index contributed by atoms with van der Waals surface area (Å²) < 4.78 is 7.00. The van der Waals surface area contributed by atoms with E-state index in [0.717, 1.165) is 36.2 Å². The van der Waals surface area contributed by atoms with E-state index in [1.54, 1.807) is 0 Å². The van der Waals surface area contributed by atoms with E-state index < -0.39 is 5.41 Å². The van der Waals surface area contributed by atoms with Gasteiger partial charge >= 0.3 is 5.97 Å². The fraction of sp³-hybridized carbons (Fsp3) is 0.522. The van der Waals surface area contributed by atoms with Crippen molar-refractivity contribution in [1.82, 2.24) is 14.7 Å². The second-order valence-corrected chi connectivity index (χ2v) is 8.39. The van der Waals surface area contributed by atoms with Crippen LogP contribution in [0.2, 0.25) is 0 Å². The highest BCUT2D eigenvalue weighted by molar-refractivity contribution is 5.91. The zero-order chi connectivity index (χ0) is 20.6. The molecule has 2 aromatic rings. The number of hydrogen-bond donors (Lipinski definition) is 0. The zero-order valence-corrected chi connectivity index (χ0v) is 17.4. The second-order valence-electron chi connectivity index (χ2n) is 8.39. The highest BCUT2D eigenvalue weighted by atomic mass is 16.5. The number of benzene rings is 1. The Kier molecular flexibility index (Phi) is 5.19. The third-order valence-electron chi connectivity index (χ3n) is 6.26. The molecule has 4 rings (SSSR count). The Bertz CT molecular complexity index is 882. The number of nitrogens with zero attached hydrogens (tertiary/aromatic N) is 3. The molecule has 0 saturated heterocycles. The van der Waals surface area contributed by atoms with Crippen molar-refractivity contribution >= 4 is 11.9 Å². The fourth-order valence-corrected chi connectivity index (χ4v) is 4.21. The van der Waals surface area contributed by atoms with Gasteiger partial charge in [-0.05, 0) is 50.7 Å². The summed E-state index contributed by atoms with van der Waals surface area (Å²) in [6.07, 6.45) is 2.54. The molecule has 6 nitrogen and oxygen atoms in total. The molecule has 2 fully saturated rings. The Hall–Kier alpha value is -2.63. The summed E-state index contributed by atoms with van der Waals surface area (Å²) in [4.78, 5) is 27.6. The molecule has 1 aromatic heterocycles. The normalized spacial score (nSPS) is 21.5. The fourth-order valence-electron chi connectivity index (χ4n) is 4.21. The van der Waals surface area contributed by atoms with E-state index in [9.17, 15) is 9.59 Å². The Balaban J connectivity index is 1.53. The van der Waals surface area contributed by atoms with Gasteiger partial charge in [-0.2, -0.15) is 5.10 Å². The van der Waals surface area contributed by atoms with Crippen LogP contribution in [0, 0.1) is 18.8 Å². The summed E-state index contributed by atoms with van der Waals surface area (Å²) in [5.74, 6) is 0.112. The summed E-state index contributed by atoms with van der Waals surface area (Å²) in [5, 5.41) is 4.55. The third-order valence-corrected chi connectivity index (χ3v) is 6.26. The van der Waals surface area contributed by atoms with E-state index in [0.29, 0.717) is 19.7 Å². The van der Waals surface area contributed by atoms with Crippen molar-refractivity contribution < 1.29 is 14.3 Å². The van der Waals surface area contributed by atoms with Crippen LogP contribution in [-0.4, -0.2) is 39.7 Å². The van der Waals surface area contributed by atoms with E-state index in [1.807, 2.05) is 66.9 Å². The van der Waals surface area contributed by atoms with E-state index in [2.05, 4.69) is 5.10 Å².